The van der Waals surface area contributed by atoms with Gasteiger partial charge in [0.05, 0.1) is 138 Å². The largest absolute Gasteiger partial charge is 2.00 e. The van der Waals surface area contributed by atoms with Crippen LogP contribution in [0.4, 0.5) is 0 Å². The van der Waals surface area contributed by atoms with Crippen molar-refractivity contribution in [1.29, 1.82) is 0 Å². The fourth-order valence-corrected chi connectivity index (χ4v) is 8.81. The van der Waals surface area contributed by atoms with Crippen molar-refractivity contribution in [2.45, 2.75) is 88.0 Å². The first-order chi connectivity index (χ1) is 35.0. The Labute approximate surface area is 471 Å². The van der Waals surface area contributed by atoms with Gasteiger partial charge in [-0.1, -0.05) is 40.8 Å². The average Bonchev–Trinajstić information content (AvgIpc) is 3.95. The molecule has 0 saturated carbocycles. The van der Waals surface area contributed by atoms with Crippen LogP contribution in [0, 0.1) is 23.7 Å². The Morgan fingerprint density at radius 3 is 1.73 bits per heavy atom. The SMILES string of the molecule is CC(=O)[O-].CC(=O)[O-].CC(=O)[O-].CC[C@H]1C2=CC3=NC(=C(CC(=O)OC)C4=NC(=CC5=C(C)/C(=C(/C)[N-]CC[N+](C)(C)C)C(=N5)C=C(N2)[C@@H]1C)[C@@H](C)[C@@H]4CCC(=O)NCC[N+](C)(C)C)C(C(=O)[N-]CC[N+](C)(C)C)=C3C.[Pd+2]. The first-order valence-corrected chi connectivity index (χ1v) is 25.7. The molecule has 5 aliphatic rings. The van der Waals surface area contributed by atoms with E-state index in [0.29, 0.717) is 70.9 Å². The number of allylic oxidation sites excluding steroid dienone is 10. The maximum atomic E-state index is 14.5. The summed E-state index contributed by atoms with van der Waals surface area (Å²) in [7, 11) is 20.4. The van der Waals surface area contributed by atoms with Gasteiger partial charge < -0.3 is 74.0 Å². The summed E-state index contributed by atoms with van der Waals surface area (Å²) in [6.07, 6.45) is 7.71. The van der Waals surface area contributed by atoms with E-state index in [4.69, 9.17) is 54.7 Å². The molecular formula is C56H86N10O10Pd. The Bertz CT molecular complexity index is 2500. The van der Waals surface area contributed by atoms with Gasteiger partial charge in [0.2, 0.25) is 5.91 Å². The van der Waals surface area contributed by atoms with E-state index in [9.17, 15) is 14.4 Å². The number of nitrogens with one attached hydrogen (secondary N) is 2. The molecule has 20 nitrogen and oxygen atoms in total. The Hall–Kier alpha value is -5.85. The number of ether oxygens (including phenoxy) is 1. The summed E-state index contributed by atoms with van der Waals surface area (Å²) >= 11 is 0. The number of methoxy groups -OCH3 is 1. The number of aliphatic imine (C=N–C) groups is 3. The molecule has 0 radical (unpaired) electrons. The van der Waals surface area contributed by atoms with Crippen LogP contribution in [0.3, 0.4) is 0 Å². The van der Waals surface area contributed by atoms with Gasteiger partial charge in [-0.3, -0.25) is 14.6 Å². The summed E-state index contributed by atoms with van der Waals surface area (Å²) < 4.78 is 7.52. The van der Waals surface area contributed by atoms with Crippen LogP contribution in [0.2, 0.25) is 0 Å². The topological polar surface area (TPSA) is 270 Å². The molecule has 1 saturated heterocycles. The predicted molar refractivity (Wildman–Crippen MR) is 291 cm³/mol. The van der Waals surface area contributed by atoms with Gasteiger partial charge in [-0.2, -0.15) is 5.70 Å². The number of likely N-dealkylation sites (N-methyl/N-ethyl adjacent to an activating group) is 3. The van der Waals surface area contributed by atoms with E-state index in [1.807, 2.05) is 6.92 Å². The zero-order valence-corrected chi connectivity index (χ0v) is 50.6. The molecule has 8 bridgehead atoms. The molecule has 0 aromatic carbocycles. The number of carbonyl (C=O) groups excluding carboxylic acids is 6. The number of aliphatic carboxylic acids is 3. The monoisotopic (exact) mass is 1160 g/mol. The summed E-state index contributed by atoms with van der Waals surface area (Å²) in [4.78, 5) is 84.1. The maximum Gasteiger partial charge on any atom is 2.00 e. The Morgan fingerprint density at radius 1 is 0.701 bits per heavy atom. The zero-order valence-electron chi connectivity index (χ0n) is 49.1. The minimum atomic E-state index is -1.08. The minimum Gasteiger partial charge on any atom is -0.683 e. The smallest absolute Gasteiger partial charge is 0.683 e. The number of nitrogens with zero attached hydrogens (tertiary/aromatic N) is 8. The van der Waals surface area contributed by atoms with Crippen molar-refractivity contribution in [3.63, 3.8) is 0 Å². The molecular weight excluding hydrogens is 1080 g/mol. The molecule has 0 aromatic rings. The van der Waals surface area contributed by atoms with Crippen molar-refractivity contribution >= 4 is 52.8 Å². The number of quaternary nitrogens is 3. The molecule has 1 fully saturated rings. The summed E-state index contributed by atoms with van der Waals surface area (Å²) in [6.45, 7) is 19.5. The van der Waals surface area contributed by atoms with Crippen LogP contribution in [-0.2, 0) is 53.9 Å². The van der Waals surface area contributed by atoms with Crippen LogP contribution in [0.15, 0.2) is 95.3 Å². The van der Waals surface area contributed by atoms with E-state index < -0.39 is 23.9 Å². The van der Waals surface area contributed by atoms with Crippen molar-refractivity contribution in [3.8, 4) is 0 Å². The molecule has 5 rings (SSSR count). The van der Waals surface area contributed by atoms with Gasteiger partial charge in [0, 0.05) is 76.2 Å². The second kappa shape index (κ2) is 30.3. The third-order valence-electron chi connectivity index (χ3n) is 12.9. The standard InChI is InChI=1S/C50H76N10O4.3C2H4O2.Pd/c1-17-35-30(2)38-29-43-46(34(6)51-20-23-58(7,8)9)32(4)40(55-43)27-39-31(3)36(18-19-44(61)52-21-24-59(10,11)12)48(56-39)37(26-45(62)64-16)49-47(50(63)53-22-25-60(13,14)15)33(5)41(57-49)28-42(35)54-38;3*1-2(3)4;/h27-31,35-36H,17-26H2,1-16H3,(H-3,51,52,53,54,55,56,57,61,63);3*1H3,(H,3,4);/q;;;;+2/p-2/t30-,31+,35-,36+;;;;/m1..../s1. The van der Waals surface area contributed by atoms with E-state index in [1.165, 1.54) is 7.11 Å². The van der Waals surface area contributed by atoms with Gasteiger partial charge in [0.1, 0.15) is 0 Å². The molecule has 0 aromatic heterocycles. The van der Waals surface area contributed by atoms with Crippen LogP contribution >= 0.6 is 0 Å². The summed E-state index contributed by atoms with van der Waals surface area (Å²) in [5.41, 5.74) is 10.6. The number of hydrogen-bond donors (Lipinski definition) is 2. The zero-order chi connectivity index (χ0) is 58.2. The normalized spacial score (nSPS) is 20.3. The number of carbonyl (C=O) groups is 6. The van der Waals surface area contributed by atoms with Gasteiger partial charge in [-0.05, 0) is 82.4 Å². The molecule has 5 heterocycles. The fourth-order valence-electron chi connectivity index (χ4n) is 8.81. The quantitative estimate of drug-likeness (QED) is 0.121. The third-order valence-corrected chi connectivity index (χ3v) is 12.9. The van der Waals surface area contributed by atoms with E-state index >= 15 is 0 Å². The van der Waals surface area contributed by atoms with E-state index in [0.717, 1.165) is 94.6 Å². The summed E-state index contributed by atoms with van der Waals surface area (Å²) in [5.74, 6) is -4.34. The van der Waals surface area contributed by atoms with Crippen molar-refractivity contribution in [1.82, 2.24) is 10.6 Å². The summed E-state index contributed by atoms with van der Waals surface area (Å²) in [5, 5.41) is 43.2. The Kier molecular flexibility index (Phi) is 27.3. The predicted octanol–water partition coefficient (Wildman–Crippen LogP) is 2.77. The molecule has 77 heavy (non-hydrogen) atoms. The second-order valence-corrected chi connectivity index (χ2v) is 22.6. The number of esters is 1. The van der Waals surface area contributed by atoms with Crippen molar-refractivity contribution in [2.75, 3.05) is 110 Å². The number of hydrogen-bond acceptors (Lipinski definition) is 14. The number of amides is 2. The van der Waals surface area contributed by atoms with Crippen molar-refractivity contribution in [3.05, 3.63) is 90.9 Å². The van der Waals surface area contributed by atoms with Crippen molar-refractivity contribution in [2.24, 2.45) is 38.6 Å². The minimum absolute atomic E-state index is 0. The Balaban J connectivity index is 0.00000206. The molecule has 0 unspecified atom stereocenters. The van der Waals surface area contributed by atoms with Gasteiger partial charge in [-0.15, -0.1) is 0 Å². The molecule has 5 aliphatic heterocycles. The van der Waals surface area contributed by atoms with Gasteiger partial charge in [-0.25, -0.2) is 9.98 Å². The molecule has 2 N–H and O–H groups in total. The molecule has 430 valence electrons. The molecule has 2 amide bonds. The van der Waals surface area contributed by atoms with E-state index in [-0.39, 0.29) is 68.8 Å². The van der Waals surface area contributed by atoms with Crippen molar-refractivity contribution < 1.29 is 82.7 Å². The van der Waals surface area contributed by atoms with Gasteiger partial charge in [0.15, 0.2) is 0 Å². The van der Waals surface area contributed by atoms with Gasteiger partial charge >= 0.3 is 26.4 Å². The van der Waals surface area contributed by atoms with Crippen LogP contribution in [0.5, 0.6) is 0 Å². The Morgan fingerprint density at radius 2 is 1.22 bits per heavy atom. The summed E-state index contributed by atoms with van der Waals surface area (Å²) in [6, 6.07) is 0. The van der Waals surface area contributed by atoms with Crippen LogP contribution in [-0.4, -0.2) is 176 Å². The van der Waals surface area contributed by atoms with Crippen LogP contribution in [0.25, 0.3) is 10.6 Å². The maximum absolute atomic E-state index is 14.5. The molecule has 0 spiro atoms. The first-order valence-electron chi connectivity index (χ1n) is 25.7. The molecule has 21 heteroatoms. The van der Waals surface area contributed by atoms with Gasteiger partial charge in [0.25, 0.3) is 0 Å². The number of carboxylic acids is 3. The fraction of sp³-hybridized carbons (Fsp3) is 0.589. The van der Waals surface area contributed by atoms with E-state index in [1.54, 1.807) is 0 Å². The first kappa shape index (κ1) is 69.2. The molecule has 0 aliphatic carbocycles. The van der Waals surface area contributed by atoms with Crippen LogP contribution in [0.1, 0.15) is 88.0 Å². The number of carboxylic acid groups (broad SMARTS) is 3. The number of fused-ring (bicyclic) bond motifs is 5. The third kappa shape index (κ3) is 22.6. The average molecular weight is 1170 g/mol. The second-order valence-electron chi connectivity index (χ2n) is 22.6. The molecule has 4 atom stereocenters. The van der Waals surface area contributed by atoms with Crippen LogP contribution < -0.4 is 26.0 Å². The number of rotatable bonds is 17. The van der Waals surface area contributed by atoms with E-state index in [2.05, 4.69) is 132 Å².